The van der Waals surface area contributed by atoms with Crippen LogP contribution in [0.3, 0.4) is 0 Å². The Morgan fingerprint density at radius 1 is 1.12 bits per heavy atom. The van der Waals surface area contributed by atoms with Crippen molar-refractivity contribution >= 4 is 5.97 Å². The van der Waals surface area contributed by atoms with Gasteiger partial charge in [0.15, 0.2) is 0 Å². The van der Waals surface area contributed by atoms with E-state index in [4.69, 9.17) is 0 Å². The third-order valence-corrected chi connectivity index (χ3v) is 5.57. The maximum atomic E-state index is 11.4. The summed E-state index contributed by atoms with van der Waals surface area (Å²) in [6, 6.07) is 0. The zero-order chi connectivity index (χ0) is 12.9. The van der Waals surface area contributed by atoms with E-state index in [9.17, 15) is 9.90 Å². The average Bonchev–Trinajstić information content (AvgIpc) is 2.63. The monoisotopic (exact) mass is 239 g/mol. The molecule has 1 aliphatic carbocycles. The quantitative estimate of drug-likeness (QED) is 0.823. The number of likely N-dealkylation sites (tertiary alicyclic amines) is 1. The molecule has 0 aromatic heterocycles. The summed E-state index contributed by atoms with van der Waals surface area (Å²) in [6.07, 6.45) is 5.40. The number of rotatable bonds is 3. The second kappa shape index (κ2) is 3.71. The van der Waals surface area contributed by atoms with E-state index >= 15 is 0 Å². The van der Waals surface area contributed by atoms with Crippen molar-refractivity contribution in [3.05, 3.63) is 0 Å². The fourth-order valence-electron chi connectivity index (χ4n) is 3.26. The van der Waals surface area contributed by atoms with E-state index < -0.39 is 11.4 Å². The molecule has 2 rings (SSSR count). The van der Waals surface area contributed by atoms with Gasteiger partial charge in [-0.2, -0.15) is 0 Å². The first-order chi connectivity index (χ1) is 7.71. The molecule has 98 valence electrons. The van der Waals surface area contributed by atoms with Gasteiger partial charge in [-0.3, -0.25) is 9.69 Å². The van der Waals surface area contributed by atoms with Crippen molar-refractivity contribution in [2.24, 2.45) is 10.8 Å². The standard InChI is InChI=1S/C14H25NO2/c1-12(2,11(16)17)13(3,4)15-9-14(10-15)7-5-6-8-14/h5-10H2,1-4H3,(H,16,17). The Balaban J connectivity index is 2.06. The van der Waals surface area contributed by atoms with Crippen LogP contribution in [0.2, 0.25) is 0 Å². The van der Waals surface area contributed by atoms with Crippen molar-refractivity contribution in [2.75, 3.05) is 13.1 Å². The molecule has 3 heteroatoms. The van der Waals surface area contributed by atoms with Gasteiger partial charge in [0, 0.05) is 18.6 Å². The summed E-state index contributed by atoms with van der Waals surface area (Å²) in [6.45, 7) is 10.0. The molecule has 17 heavy (non-hydrogen) atoms. The van der Waals surface area contributed by atoms with Crippen molar-refractivity contribution in [1.82, 2.24) is 4.90 Å². The smallest absolute Gasteiger partial charge is 0.310 e. The van der Waals surface area contributed by atoms with Crippen LogP contribution in [-0.4, -0.2) is 34.6 Å². The SMILES string of the molecule is CC(C)(C(=O)O)C(C)(C)N1CC2(CCCC2)C1. The maximum absolute atomic E-state index is 11.4. The molecule has 1 saturated carbocycles. The normalized spacial score (nSPS) is 24.9. The molecule has 3 nitrogen and oxygen atoms in total. The number of carboxylic acids is 1. The first kappa shape index (κ1) is 12.9. The summed E-state index contributed by atoms with van der Waals surface area (Å²) < 4.78 is 0. The molecule has 1 saturated heterocycles. The van der Waals surface area contributed by atoms with Gasteiger partial charge < -0.3 is 5.11 Å². The molecule has 1 heterocycles. The lowest BCUT2D eigenvalue weighted by Gasteiger charge is -2.59. The zero-order valence-electron chi connectivity index (χ0n) is 11.5. The number of aliphatic carboxylic acids is 1. The summed E-state index contributed by atoms with van der Waals surface area (Å²) in [5.41, 5.74) is -0.439. The van der Waals surface area contributed by atoms with Gasteiger partial charge in [0.1, 0.15) is 0 Å². The summed E-state index contributed by atoms with van der Waals surface area (Å²) in [4.78, 5) is 13.8. The number of nitrogens with zero attached hydrogens (tertiary/aromatic N) is 1. The number of hydrogen-bond donors (Lipinski definition) is 1. The molecule has 0 radical (unpaired) electrons. The van der Waals surface area contributed by atoms with E-state index in [1.807, 2.05) is 13.8 Å². The van der Waals surface area contributed by atoms with Crippen molar-refractivity contribution < 1.29 is 9.90 Å². The van der Waals surface area contributed by atoms with E-state index in [0.717, 1.165) is 13.1 Å². The highest BCUT2D eigenvalue weighted by molar-refractivity contribution is 5.75. The van der Waals surface area contributed by atoms with E-state index in [1.165, 1.54) is 25.7 Å². The predicted octanol–water partition coefficient (Wildman–Crippen LogP) is 2.75. The van der Waals surface area contributed by atoms with Gasteiger partial charge in [-0.1, -0.05) is 12.8 Å². The van der Waals surface area contributed by atoms with E-state index in [-0.39, 0.29) is 5.54 Å². The lowest BCUT2D eigenvalue weighted by Crippen LogP contribution is -2.68. The second-order valence-corrected chi connectivity index (χ2v) is 7.05. The van der Waals surface area contributed by atoms with Crippen LogP contribution in [0, 0.1) is 10.8 Å². The minimum atomic E-state index is -0.701. The zero-order valence-corrected chi connectivity index (χ0v) is 11.5. The van der Waals surface area contributed by atoms with Gasteiger partial charge >= 0.3 is 5.97 Å². The van der Waals surface area contributed by atoms with E-state index in [2.05, 4.69) is 18.7 Å². The predicted molar refractivity (Wildman–Crippen MR) is 68.0 cm³/mol. The van der Waals surface area contributed by atoms with Crippen LogP contribution in [0.25, 0.3) is 0 Å². The first-order valence-corrected chi connectivity index (χ1v) is 6.70. The van der Waals surface area contributed by atoms with Crippen LogP contribution in [0.4, 0.5) is 0 Å². The summed E-state index contributed by atoms with van der Waals surface area (Å²) in [5, 5.41) is 9.38. The molecule has 0 bridgehead atoms. The van der Waals surface area contributed by atoms with Crippen LogP contribution < -0.4 is 0 Å². The molecule has 0 aromatic rings. The first-order valence-electron chi connectivity index (χ1n) is 6.70. The lowest BCUT2D eigenvalue weighted by atomic mass is 9.67. The van der Waals surface area contributed by atoms with Crippen molar-refractivity contribution in [2.45, 2.75) is 58.9 Å². The molecule has 1 N–H and O–H groups in total. The minimum Gasteiger partial charge on any atom is -0.481 e. The van der Waals surface area contributed by atoms with Crippen LogP contribution in [0.15, 0.2) is 0 Å². The fraction of sp³-hybridized carbons (Fsp3) is 0.929. The summed E-state index contributed by atoms with van der Waals surface area (Å²) >= 11 is 0. The summed E-state index contributed by atoms with van der Waals surface area (Å²) in [7, 11) is 0. The Morgan fingerprint density at radius 2 is 1.59 bits per heavy atom. The fourth-order valence-corrected chi connectivity index (χ4v) is 3.26. The third-order valence-electron chi connectivity index (χ3n) is 5.57. The third kappa shape index (κ3) is 1.79. The highest BCUT2D eigenvalue weighted by atomic mass is 16.4. The molecule has 0 atom stereocenters. The van der Waals surface area contributed by atoms with Gasteiger partial charge in [0.2, 0.25) is 0 Å². The highest BCUT2D eigenvalue weighted by Crippen LogP contribution is 2.50. The van der Waals surface area contributed by atoms with Crippen LogP contribution in [-0.2, 0) is 4.79 Å². The topological polar surface area (TPSA) is 40.5 Å². The number of carbonyl (C=O) groups is 1. The van der Waals surface area contributed by atoms with Crippen LogP contribution in [0.1, 0.15) is 53.4 Å². The number of hydrogen-bond acceptors (Lipinski definition) is 2. The minimum absolute atomic E-state index is 0.271. The molecule has 0 amide bonds. The Morgan fingerprint density at radius 3 is 2.00 bits per heavy atom. The van der Waals surface area contributed by atoms with Gasteiger partial charge in [-0.25, -0.2) is 0 Å². The molecule has 2 aliphatic rings. The Kier molecular flexibility index (Phi) is 2.81. The lowest BCUT2D eigenvalue weighted by molar-refractivity contribution is -0.165. The second-order valence-electron chi connectivity index (χ2n) is 7.05. The van der Waals surface area contributed by atoms with Crippen molar-refractivity contribution in [3.8, 4) is 0 Å². The molecule has 2 fully saturated rings. The molecule has 0 aromatic carbocycles. The number of carboxylic acid groups (broad SMARTS) is 1. The van der Waals surface area contributed by atoms with Gasteiger partial charge in [-0.15, -0.1) is 0 Å². The molecule has 0 unspecified atom stereocenters. The van der Waals surface area contributed by atoms with Crippen molar-refractivity contribution in [1.29, 1.82) is 0 Å². The average molecular weight is 239 g/mol. The highest BCUT2D eigenvalue weighted by Gasteiger charge is 2.55. The molecule has 1 aliphatic heterocycles. The van der Waals surface area contributed by atoms with Gasteiger partial charge in [0.05, 0.1) is 5.41 Å². The van der Waals surface area contributed by atoms with E-state index in [1.54, 1.807) is 0 Å². The Labute approximate surface area is 104 Å². The van der Waals surface area contributed by atoms with Gasteiger partial charge in [-0.05, 0) is 46.0 Å². The summed E-state index contributed by atoms with van der Waals surface area (Å²) in [5.74, 6) is -0.699. The molecular formula is C14H25NO2. The Hall–Kier alpha value is -0.570. The maximum Gasteiger partial charge on any atom is 0.310 e. The Bertz CT molecular complexity index is 319. The molecular weight excluding hydrogens is 214 g/mol. The van der Waals surface area contributed by atoms with Gasteiger partial charge in [0.25, 0.3) is 0 Å². The van der Waals surface area contributed by atoms with Crippen molar-refractivity contribution in [3.63, 3.8) is 0 Å². The van der Waals surface area contributed by atoms with E-state index in [0.29, 0.717) is 5.41 Å². The van der Waals surface area contributed by atoms with Crippen LogP contribution >= 0.6 is 0 Å². The molecule has 1 spiro atoms. The largest absolute Gasteiger partial charge is 0.481 e. The van der Waals surface area contributed by atoms with Crippen LogP contribution in [0.5, 0.6) is 0 Å².